The Morgan fingerprint density at radius 1 is 1.32 bits per heavy atom. The first-order valence-electron chi connectivity index (χ1n) is 10.2. The van der Waals surface area contributed by atoms with E-state index in [1.54, 1.807) is 7.05 Å². The molecule has 0 bridgehead atoms. The molecule has 2 aliphatic rings. The maximum absolute atomic E-state index is 12.6. The number of nitrogens with one attached hydrogen (secondary N) is 2. The normalized spacial score (nSPS) is 21.5. The molecule has 2 fully saturated rings. The van der Waals surface area contributed by atoms with Gasteiger partial charge in [-0.3, -0.25) is 9.79 Å². The van der Waals surface area contributed by atoms with Gasteiger partial charge in [0.15, 0.2) is 5.96 Å². The molecule has 3 rings (SSSR count). The van der Waals surface area contributed by atoms with Crippen molar-refractivity contribution < 1.29 is 9.32 Å². The molecular formula is C20H34IN5O2. The molecular weight excluding hydrogens is 469 g/mol. The lowest BCUT2D eigenvalue weighted by Crippen LogP contribution is -2.46. The largest absolute Gasteiger partial charge is 0.361 e. The number of aromatic nitrogens is 1. The van der Waals surface area contributed by atoms with Gasteiger partial charge < -0.3 is 20.1 Å². The number of amides is 1. The summed E-state index contributed by atoms with van der Waals surface area (Å²) in [6.45, 7) is 8.45. The molecule has 2 N–H and O–H groups in total. The molecule has 1 aromatic heterocycles. The summed E-state index contributed by atoms with van der Waals surface area (Å²) in [5.74, 6) is 2.55. The van der Waals surface area contributed by atoms with Crippen LogP contribution in [0.5, 0.6) is 0 Å². The van der Waals surface area contributed by atoms with Crippen molar-refractivity contribution in [3.8, 4) is 0 Å². The van der Waals surface area contributed by atoms with Crippen LogP contribution < -0.4 is 10.6 Å². The Balaban J connectivity index is 0.00000280. The van der Waals surface area contributed by atoms with E-state index in [2.05, 4.69) is 27.7 Å². The fourth-order valence-corrected chi connectivity index (χ4v) is 4.44. The maximum Gasteiger partial charge on any atom is 0.225 e. The summed E-state index contributed by atoms with van der Waals surface area (Å²) in [7, 11) is 1.78. The number of rotatable bonds is 5. The van der Waals surface area contributed by atoms with E-state index in [9.17, 15) is 4.79 Å². The van der Waals surface area contributed by atoms with Crippen molar-refractivity contribution in [2.75, 3.05) is 26.7 Å². The van der Waals surface area contributed by atoms with E-state index in [0.717, 1.165) is 61.9 Å². The van der Waals surface area contributed by atoms with Crippen molar-refractivity contribution in [1.82, 2.24) is 20.7 Å². The van der Waals surface area contributed by atoms with E-state index in [1.807, 2.05) is 18.7 Å². The van der Waals surface area contributed by atoms with Crippen molar-refractivity contribution in [3.63, 3.8) is 0 Å². The summed E-state index contributed by atoms with van der Waals surface area (Å²) >= 11 is 0. The second kappa shape index (κ2) is 10.5. The van der Waals surface area contributed by atoms with Crippen LogP contribution in [0.4, 0.5) is 0 Å². The van der Waals surface area contributed by atoms with Gasteiger partial charge >= 0.3 is 0 Å². The molecule has 158 valence electrons. The van der Waals surface area contributed by atoms with E-state index in [4.69, 9.17) is 4.52 Å². The highest BCUT2D eigenvalue weighted by Crippen LogP contribution is 2.28. The average Bonchev–Trinajstić information content (AvgIpc) is 3.40. The van der Waals surface area contributed by atoms with Gasteiger partial charge in [0.05, 0.1) is 5.69 Å². The Labute approximate surface area is 185 Å². The molecule has 2 atom stereocenters. The minimum Gasteiger partial charge on any atom is -0.361 e. The zero-order chi connectivity index (χ0) is 19.4. The van der Waals surface area contributed by atoms with Crippen LogP contribution in [-0.4, -0.2) is 54.6 Å². The average molecular weight is 503 g/mol. The van der Waals surface area contributed by atoms with Gasteiger partial charge in [-0.15, -0.1) is 24.0 Å². The molecule has 0 spiro atoms. The monoisotopic (exact) mass is 503 g/mol. The molecule has 2 heterocycles. The number of hydrogen-bond donors (Lipinski definition) is 2. The Bertz CT molecular complexity index is 665. The van der Waals surface area contributed by atoms with Crippen LogP contribution in [0.2, 0.25) is 0 Å². The van der Waals surface area contributed by atoms with Crippen molar-refractivity contribution in [1.29, 1.82) is 0 Å². The number of carbonyl (C=O) groups is 1. The Kier molecular flexibility index (Phi) is 8.57. The number of aliphatic imine (C=N–C) groups is 1. The van der Waals surface area contributed by atoms with E-state index in [0.29, 0.717) is 5.91 Å². The SMILES string of the molecule is CN=C(NCC(C)c1c(C)noc1C)NC1CCN(C(=O)C2CCCC2)C1.I. The lowest BCUT2D eigenvalue weighted by Gasteiger charge is -2.22. The van der Waals surface area contributed by atoms with Crippen LogP contribution in [0.25, 0.3) is 0 Å². The van der Waals surface area contributed by atoms with Crippen LogP contribution in [0, 0.1) is 19.8 Å². The lowest BCUT2D eigenvalue weighted by atomic mass is 10.00. The fraction of sp³-hybridized carbons (Fsp3) is 0.750. The fourth-order valence-electron chi connectivity index (χ4n) is 4.44. The number of nitrogens with zero attached hydrogens (tertiary/aromatic N) is 3. The van der Waals surface area contributed by atoms with Gasteiger partial charge in [-0.05, 0) is 33.1 Å². The minimum absolute atomic E-state index is 0. The van der Waals surface area contributed by atoms with Gasteiger partial charge in [-0.1, -0.05) is 24.9 Å². The third-order valence-corrected chi connectivity index (χ3v) is 5.93. The van der Waals surface area contributed by atoms with E-state index < -0.39 is 0 Å². The van der Waals surface area contributed by atoms with Crippen molar-refractivity contribution >= 4 is 35.8 Å². The summed E-state index contributed by atoms with van der Waals surface area (Å²) in [6, 6.07) is 0.260. The molecule has 8 heteroatoms. The van der Waals surface area contributed by atoms with Gasteiger partial charge in [0.1, 0.15) is 5.76 Å². The number of halogens is 1. The van der Waals surface area contributed by atoms with Gasteiger partial charge in [0.25, 0.3) is 0 Å². The van der Waals surface area contributed by atoms with Crippen LogP contribution in [-0.2, 0) is 4.79 Å². The van der Waals surface area contributed by atoms with E-state index in [-0.39, 0.29) is 41.9 Å². The third kappa shape index (κ3) is 5.39. The molecule has 1 aliphatic carbocycles. The van der Waals surface area contributed by atoms with Crippen LogP contribution in [0.3, 0.4) is 0 Å². The Morgan fingerprint density at radius 2 is 2.04 bits per heavy atom. The number of aryl methyl sites for hydroxylation is 2. The molecule has 1 aromatic rings. The standard InChI is InChI=1S/C20H33N5O2.HI/c1-13(18-14(2)24-27-15(18)3)11-22-20(21-4)23-17-9-10-25(12-17)19(26)16-7-5-6-8-16;/h13,16-17H,5-12H2,1-4H3,(H2,21,22,23);1H. The molecule has 0 radical (unpaired) electrons. The smallest absolute Gasteiger partial charge is 0.225 e. The Morgan fingerprint density at radius 3 is 2.64 bits per heavy atom. The topological polar surface area (TPSA) is 82.8 Å². The highest BCUT2D eigenvalue weighted by Gasteiger charge is 2.32. The molecule has 2 unspecified atom stereocenters. The molecule has 1 saturated carbocycles. The molecule has 1 aliphatic heterocycles. The third-order valence-electron chi connectivity index (χ3n) is 5.93. The predicted octanol–water partition coefficient (Wildman–Crippen LogP) is 2.97. The van der Waals surface area contributed by atoms with Crippen molar-refractivity contribution in [2.24, 2.45) is 10.9 Å². The van der Waals surface area contributed by atoms with Crippen LogP contribution in [0.15, 0.2) is 9.52 Å². The Hall–Kier alpha value is -1.32. The van der Waals surface area contributed by atoms with Crippen LogP contribution >= 0.6 is 24.0 Å². The second-order valence-electron chi connectivity index (χ2n) is 7.99. The van der Waals surface area contributed by atoms with E-state index in [1.165, 1.54) is 12.8 Å². The molecule has 1 amide bonds. The summed E-state index contributed by atoms with van der Waals surface area (Å²) in [5, 5.41) is 10.9. The number of likely N-dealkylation sites (tertiary alicyclic amines) is 1. The predicted molar refractivity (Wildman–Crippen MR) is 121 cm³/mol. The molecule has 0 aromatic carbocycles. The zero-order valence-corrected chi connectivity index (χ0v) is 19.8. The minimum atomic E-state index is 0. The van der Waals surface area contributed by atoms with Gasteiger partial charge in [-0.25, -0.2) is 0 Å². The molecule has 1 saturated heterocycles. The van der Waals surface area contributed by atoms with Gasteiger partial charge in [0.2, 0.25) is 5.91 Å². The highest BCUT2D eigenvalue weighted by molar-refractivity contribution is 14.0. The quantitative estimate of drug-likeness (QED) is 0.367. The zero-order valence-electron chi connectivity index (χ0n) is 17.5. The first kappa shape index (κ1) is 23.0. The van der Waals surface area contributed by atoms with Gasteiger partial charge in [0, 0.05) is 50.1 Å². The summed E-state index contributed by atoms with van der Waals surface area (Å²) in [6.07, 6.45) is 5.50. The molecule has 7 nitrogen and oxygen atoms in total. The van der Waals surface area contributed by atoms with E-state index >= 15 is 0 Å². The summed E-state index contributed by atoms with van der Waals surface area (Å²) in [5.41, 5.74) is 2.11. The van der Waals surface area contributed by atoms with Crippen molar-refractivity contribution in [2.45, 2.75) is 64.8 Å². The number of carbonyl (C=O) groups excluding carboxylic acids is 1. The van der Waals surface area contributed by atoms with Crippen molar-refractivity contribution in [3.05, 3.63) is 17.0 Å². The lowest BCUT2D eigenvalue weighted by molar-refractivity contribution is -0.134. The highest BCUT2D eigenvalue weighted by atomic mass is 127. The number of hydrogen-bond acceptors (Lipinski definition) is 4. The number of guanidine groups is 1. The second-order valence-corrected chi connectivity index (χ2v) is 7.99. The summed E-state index contributed by atoms with van der Waals surface area (Å²) < 4.78 is 5.27. The molecule has 28 heavy (non-hydrogen) atoms. The maximum atomic E-state index is 12.6. The first-order valence-corrected chi connectivity index (χ1v) is 10.2. The summed E-state index contributed by atoms with van der Waals surface area (Å²) in [4.78, 5) is 19.0. The van der Waals surface area contributed by atoms with Gasteiger partial charge in [-0.2, -0.15) is 0 Å². The van der Waals surface area contributed by atoms with Crippen LogP contribution in [0.1, 0.15) is 62.0 Å². The first-order chi connectivity index (χ1) is 13.0.